The molecule has 0 amide bonds. The van der Waals surface area contributed by atoms with Crippen molar-refractivity contribution in [3.8, 4) is 11.5 Å². The minimum absolute atomic E-state index is 0.279. The van der Waals surface area contributed by atoms with E-state index in [4.69, 9.17) is 9.47 Å². The van der Waals surface area contributed by atoms with Crippen molar-refractivity contribution >= 4 is 0 Å². The van der Waals surface area contributed by atoms with E-state index in [0.29, 0.717) is 48.8 Å². The Kier molecular flexibility index (Phi) is 9.65. The van der Waals surface area contributed by atoms with Gasteiger partial charge in [0.15, 0.2) is 0 Å². The summed E-state index contributed by atoms with van der Waals surface area (Å²) in [4.78, 5) is 4.79. The second kappa shape index (κ2) is 12.2. The zero-order valence-corrected chi connectivity index (χ0v) is 20.4. The molecule has 3 rings (SSSR count). The Morgan fingerprint density at radius 3 is 1.31 bits per heavy atom. The highest BCUT2D eigenvalue weighted by molar-refractivity contribution is 5.31. The van der Waals surface area contributed by atoms with Crippen LogP contribution in [-0.2, 0) is 0 Å². The molecule has 6 atom stereocenters. The lowest BCUT2D eigenvalue weighted by molar-refractivity contribution is 0.0202. The Labute approximate surface area is 194 Å². The summed E-state index contributed by atoms with van der Waals surface area (Å²) >= 11 is 0. The standard InChI is InChI=1S/C26H44N2O4/c1-19-7-5-8-20(2)27(19)15-23(29)17-31-25-11-13-26(14-12-25)32-18-24(30)16-28-21(3)9-6-10-22(28)4/h11-14,19-24,29-30H,5-10,15-18H2,1-4H3/t19-,20+,21-,22+,23-,24-/m0/s1. The van der Waals surface area contributed by atoms with E-state index in [9.17, 15) is 10.2 Å². The fraction of sp³-hybridized carbons (Fsp3) is 0.769. The second-order valence-corrected chi connectivity index (χ2v) is 10.1. The minimum atomic E-state index is -0.511. The lowest BCUT2D eigenvalue weighted by Gasteiger charge is -2.40. The molecule has 0 bridgehead atoms. The Bertz CT molecular complexity index is 593. The summed E-state index contributed by atoms with van der Waals surface area (Å²) in [6.07, 6.45) is 6.32. The number of piperidine rings is 2. The first-order chi connectivity index (χ1) is 15.3. The number of nitrogens with zero attached hydrogens (tertiary/aromatic N) is 2. The molecule has 0 aromatic heterocycles. The number of hydrogen-bond acceptors (Lipinski definition) is 6. The van der Waals surface area contributed by atoms with Crippen molar-refractivity contribution in [2.45, 2.75) is 103 Å². The topological polar surface area (TPSA) is 65.4 Å². The fourth-order valence-corrected chi connectivity index (χ4v) is 5.28. The van der Waals surface area contributed by atoms with Crippen LogP contribution in [0.2, 0.25) is 0 Å². The molecular weight excluding hydrogens is 404 g/mol. The van der Waals surface area contributed by atoms with E-state index < -0.39 is 12.2 Å². The number of aliphatic hydroxyl groups excluding tert-OH is 2. The zero-order valence-electron chi connectivity index (χ0n) is 20.4. The third-order valence-electron chi connectivity index (χ3n) is 7.30. The maximum absolute atomic E-state index is 10.4. The summed E-state index contributed by atoms with van der Waals surface area (Å²) in [6, 6.07) is 9.49. The van der Waals surface area contributed by atoms with E-state index in [-0.39, 0.29) is 13.2 Å². The summed E-state index contributed by atoms with van der Waals surface area (Å²) < 4.78 is 11.6. The molecule has 2 heterocycles. The normalized spacial score (nSPS) is 29.4. The molecule has 32 heavy (non-hydrogen) atoms. The van der Waals surface area contributed by atoms with Gasteiger partial charge < -0.3 is 19.7 Å². The lowest BCUT2D eigenvalue weighted by Crippen LogP contribution is -2.48. The summed E-state index contributed by atoms with van der Waals surface area (Å²) in [6.45, 7) is 10.8. The van der Waals surface area contributed by atoms with Crippen LogP contribution in [0, 0.1) is 0 Å². The third-order valence-corrected chi connectivity index (χ3v) is 7.30. The van der Waals surface area contributed by atoms with Crippen LogP contribution in [0.4, 0.5) is 0 Å². The van der Waals surface area contributed by atoms with Gasteiger partial charge in [0.1, 0.15) is 36.9 Å². The Hall–Kier alpha value is -1.34. The van der Waals surface area contributed by atoms with Crippen LogP contribution >= 0.6 is 0 Å². The van der Waals surface area contributed by atoms with E-state index >= 15 is 0 Å². The summed E-state index contributed by atoms with van der Waals surface area (Å²) in [5.74, 6) is 1.43. The zero-order chi connectivity index (χ0) is 23.1. The quantitative estimate of drug-likeness (QED) is 0.569. The van der Waals surface area contributed by atoms with Crippen LogP contribution < -0.4 is 9.47 Å². The maximum atomic E-state index is 10.4. The molecule has 2 aliphatic rings. The predicted octanol–water partition coefficient (Wildman–Crippen LogP) is 3.69. The molecule has 0 spiro atoms. The second-order valence-electron chi connectivity index (χ2n) is 10.1. The molecule has 0 unspecified atom stereocenters. The van der Waals surface area contributed by atoms with E-state index in [0.717, 1.165) is 0 Å². The van der Waals surface area contributed by atoms with Gasteiger partial charge in [-0.25, -0.2) is 0 Å². The molecule has 2 aliphatic heterocycles. The highest BCUT2D eigenvalue weighted by Gasteiger charge is 2.27. The van der Waals surface area contributed by atoms with Gasteiger partial charge in [0.05, 0.1) is 0 Å². The van der Waals surface area contributed by atoms with Gasteiger partial charge in [0.2, 0.25) is 0 Å². The van der Waals surface area contributed by atoms with Gasteiger partial charge in [0, 0.05) is 37.3 Å². The minimum Gasteiger partial charge on any atom is -0.491 e. The Morgan fingerprint density at radius 1 is 0.688 bits per heavy atom. The number of β-amino-alcohol motifs (C(OH)–C–C–N with tert-alkyl or cyclic N) is 2. The highest BCUT2D eigenvalue weighted by atomic mass is 16.5. The molecule has 2 N–H and O–H groups in total. The highest BCUT2D eigenvalue weighted by Crippen LogP contribution is 2.24. The third kappa shape index (κ3) is 7.34. The molecule has 1 aromatic carbocycles. The van der Waals surface area contributed by atoms with Gasteiger partial charge in [-0.2, -0.15) is 0 Å². The van der Waals surface area contributed by atoms with Crippen LogP contribution in [0.3, 0.4) is 0 Å². The monoisotopic (exact) mass is 448 g/mol. The fourth-order valence-electron chi connectivity index (χ4n) is 5.28. The van der Waals surface area contributed by atoms with Crippen molar-refractivity contribution in [3.63, 3.8) is 0 Å². The maximum Gasteiger partial charge on any atom is 0.119 e. The van der Waals surface area contributed by atoms with Crippen molar-refractivity contribution in [1.82, 2.24) is 9.80 Å². The van der Waals surface area contributed by atoms with Gasteiger partial charge in [-0.05, 0) is 77.6 Å². The summed E-state index contributed by atoms with van der Waals surface area (Å²) in [5.41, 5.74) is 0. The Morgan fingerprint density at radius 2 is 1.00 bits per heavy atom. The molecule has 2 fully saturated rings. The van der Waals surface area contributed by atoms with E-state index in [2.05, 4.69) is 37.5 Å². The van der Waals surface area contributed by atoms with Crippen molar-refractivity contribution in [1.29, 1.82) is 0 Å². The summed E-state index contributed by atoms with van der Waals surface area (Å²) in [7, 11) is 0. The molecule has 2 saturated heterocycles. The molecule has 0 saturated carbocycles. The lowest BCUT2D eigenvalue weighted by atomic mass is 9.97. The van der Waals surface area contributed by atoms with Gasteiger partial charge in [-0.3, -0.25) is 9.80 Å². The van der Waals surface area contributed by atoms with Crippen LogP contribution in [0.1, 0.15) is 66.2 Å². The van der Waals surface area contributed by atoms with Crippen molar-refractivity contribution in [2.75, 3.05) is 26.3 Å². The van der Waals surface area contributed by atoms with Gasteiger partial charge >= 0.3 is 0 Å². The SMILES string of the molecule is C[C@@H]1CCC[C@H](C)N1C[C@H](O)COc1ccc(OC[C@@H](O)CN2[C@H](C)CCC[C@@H]2C)cc1. The smallest absolute Gasteiger partial charge is 0.119 e. The summed E-state index contributed by atoms with van der Waals surface area (Å²) in [5, 5.41) is 20.9. The van der Waals surface area contributed by atoms with Crippen LogP contribution in [0.25, 0.3) is 0 Å². The first-order valence-corrected chi connectivity index (χ1v) is 12.6. The number of likely N-dealkylation sites (tertiary alicyclic amines) is 2. The van der Waals surface area contributed by atoms with E-state index in [1.54, 1.807) is 0 Å². The van der Waals surface area contributed by atoms with Gasteiger partial charge in [0.25, 0.3) is 0 Å². The predicted molar refractivity (Wildman–Crippen MR) is 128 cm³/mol. The molecule has 0 aliphatic carbocycles. The number of benzene rings is 1. The van der Waals surface area contributed by atoms with Crippen molar-refractivity contribution in [2.24, 2.45) is 0 Å². The van der Waals surface area contributed by atoms with E-state index in [1.807, 2.05) is 24.3 Å². The van der Waals surface area contributed by atoms with Crippen LogP contribution in [-0.4, -0.2) is 82.7 Å². The molecule has 182 valence electrons. The molecule has 6 heteroatoms. The molecular formula is C26H44N2O4. The van der Waals surface area contributed by atoms with Crippen molar-refractivity contribution < 1.29 is 19.7 Å². The number of ether oxygens (including phenoxy) is 2. The number of rotatable bonds is 10. The van der Waals surface area contributed by atoms with E-state index in [1.165, 1.54) is 38.5 Å². The average Bonchev–Trinajstić information content (AvgIpc) is 2.77. The molecule has 6 nitrogen and oxygen atoms in total. The number of aliphatic hydroxyl groups is 2. The van der Waals surface area contributed by atoms with Crippen LogP contribution in [0.5, 0.6) is 11.5 Å². The molecule has 1 aromatic rings. The number of hydrogen-bond donors (Lipinski definition) is 2. The van der Waals surface area contributed by atoms with Crippen molar-refractivity contribution in [3.05, 3.63) is 24.3 Å². The van der Waals surface area contributed by atoms with Crippen LogP contribution in [0.15, 0.2) is 24.3 Å². The largest absolute Gasteiger partial charge is 0.491 e. The van der Waals surface area contributed by atoms with Gasteiger partial charge in [-0.1, -0.05) is 12.8 Å². The first kappa shape index (κ1) is 25.3. The Balaban J connectivity index is 1.38. The van der Waals surface area contributed by atoms with Gasteiger partial charge in [-0.15, -0.1) is 0 Å². The molecule has 0 radical (unpaired) electrons. The first-order valence-electron chi connectivity index (χ1n) is 12.6. The average molecular weight is 449 g/mol.